The quantitative estimate of drug-likeness (QED) is 0.0931. The summed E-state index contributed by atoms with van der Waals surface area (Å²) in [6, 6.07) is 16.5. The monoisotopic (exact) mass is 590 g/mol. The van der Waals surface area contributed by atoms with E-state index in [1.165, 1.54) is 201 Å². The highest BCUT2D eigenvalue weighted by Crippen LogP contribution is 2.28. The van der Waals surface area contributed by atoms with E-state index in [2.05, 4.69) is 68.6 Å². The highest BCUT2D eigenvalue weighted by molar-refractivity contribution is 5.67. The van der Waals surface area contributed by atoms with Crippen molar-refractivity contribution in [3.05, 3.63) is 59.2 Å². The highest BCUT2D eigenvalue weighted by Gasteiger charge is 2.09. The number of unbranched alkanes of at least 4 members (excludes halogenated alkanes) is 21. The Bertz CT molecular complexity index is 900. The summed E-state index contributed by atoms with van der Waals surface area (Å²) in [5.74, 6) is 0. The topological polar surface area (TPSA) is 12.0 Å². The fourth-order valence-electron chi connectivity index (χ4n) is 6.48. The third-order valence-electron chi connectivity index (χ3n) is 9.38. The zero-order valence-electron chi connectivity index (χ0n) is 29.1. The fraction of sp³-hybridized carbons (Fsp3) is 0.714. The largest absolute Gasteiger partial charge is 0.355 e. The van der Waals surface area contributed by atoms with Crippen molar-refractivity contribution in [2.45, 2.75) is 194 Å². The van der Waals surface area contributed by atoms with Crippen LogP contribution in [0.3, 0.4) is 0 Å². The Morgan fingerprint density at radius 3 is 1.26 bits per heavy atom. The van der Waals surface area contributed by atoms with Gasteiger partial charge in [-0.15, -0.1) is 0 Å². The molecule has 1 heteroatoms. The molecular formula is C42H71N. The van der Waals surface area contributed by atoms with Gasteiger partial charge in [-0.25, -0.2) is 0 Å². The third-order valence-corrected chi connectivity index (χ3v) is 9.38. The lowest BCUT2D eigenvalue weighted by Gasteiger charge is -2.17. The molecule has 2 rings (SSSR count). The summed E-state index contributed by atoms with van der Waals surface area (Å²) in [5.41, 5.74) is 7.19. The average molecular weight is 590 g/mol. The number of rotatable bonds is 29. The van der Waals surface area contributed by atoms with E-state index < -0.39 is 0 Å². The van der Waals surface area contributed by atoms with Crippen LogP contribution in [-0.4, -0.2) is 0 Å². The van der Waals surface area contributed by atoms with Gasteiger partial charge >= 0.3 is 0 Å². The molecule has 0 fully saturated rings. The smallest absolute Gasteiger partial charge is 0.0419 e. The molecule has 0 radical (unpaired) electrons. The maximum absolute atomic E-state index is 3.96. The molecule has 0 spiro atoms. The summed E-state index contributed by atoms with van der Waals surface area (Å²) in [6.45, 7) is 6.92. The standard InChI is InChI=1S/C42H71N/c1-4-7-10-13-16-19-22-25-30-38-35-36-40(32-27-24-21-18-15-12-9-6-3)42(37-38)43-41-34-29-28-33-39(41)31-26-23-20-17-14-11-8-5-2/h28-29,33-37,43H,4-27,30-32H2,1-3H3. The van der Waals surface area contributed by atoms with E-state index in [0.29, 0.717) is 0 Å². The van der Waals surface area contributed by atoms with Crippen LogP contribution in [0.15, 0.2) is 42.5 Å². The minimum atomic E-state index is 1.18. The van der Waals surface area contributed by atoms with Gasteiger partial charge in [-0.2, -0.15) is 0 Å². The van der Waals surface area contributed by atoms with Crippen LogP contribution >= 0.6 is 0 Å². The van der Waals surface area contributed by atoms with Crippen molar-refractivity contribution in [3.8, 4) is 0 Å². The zero-order chi connectivity index (χ0) is 30.6. The molecule has 2 aromatic carbocycles. The van der Waals surface area contributed by atoms with Crippen LogP contribution in [0, 0.1) is 0 Å². The molecule has 0 unspecified atom stereocenters. The van der Waals surface area contributed by atoms with Gasteiger partial charge in [0.1, 0.15) is 0 Å². The second-order valence-electron chi connectivity index (χ2n) is 13.4. The molecule has 0 saturated carbocycles. The van der Waals surface area contributed by atoms with E-state index in [0.717, 1.165) is 0 Å². The van der Waals surface area contributed by atoms with Crippen LogP contribution < -0.4 is 5.32 Å². The number of aryl methyl sites for hydroxylation is 3. The van der Waals surface area contributed by atoms with E-state index >= 15 is 0 Å². The van der Waals surface area contributed by atoms with Crippen LogP contribution in [0.25, 0.3) is 0 Å². The average Bonchev–Trinajstić information content (AvgIpc) is 3.02. The first-order chi connectivity index (χ1) is 21.3. The Kier molecular flexibility index (Phi) is 23.2. The molecule has 2 aromatic rings. The molecule has 0 aliphatic rings. The summed E-state index contributed by atoms with van der Waals surface area (Å²) < 4.78 is 0. The van der Waals surface area contributed by atoms with Crippen molar-refractivity contribution >= 4 is 11.4 Å². The lowest BCUT2D eigenvalue weighted by Crippen LogP contribution is -2.01. The molecule has 244 valence electrons. The van der Waals surface area contributed by atoms with Crippen LogP contribution in [0.5, 0.6) is 0 Å². The number of anilines is 2. The first-order valence-electron chi connectivity index (χ1n) is 19.2. The summed E-state index contributed by atoms with van der Waals surface area (Å²) in [6.07, 6.45) is 36.8. The lowest BCUT2D eigenvalue weighted by atomic mass is 9.98. The van der Waals surface area contributed by atoms with Crippen LogP contribution in [0.4, 0.5) is 11.4 Å². The SMILES string of the molecule is CCCCCCCCCCc1ccc(CCCCCCCCCC)c(Nc2ccccc2CCCCCCCCCC)c1. The van der Waals surface area contributed by atoms with Gasteiger partial charge in [0.2, 0.25) is 0 Å². The normalized spacial score (nSPS) is 11.3. The predicted molar refractivity (Wildman–Crippen MR) is 195 cm³/mol. The molecule has 0 aliphatic heterocycles. The van der Waals surface area contributed by atoms with Gasteiger partial charge in [0.05, 0.1) is 0 Å². The maximum Gasteiger partial charge on any atom is 0.0419 e. The Morgan fingerprint density at radius 1 is 0.372 bits per heavy atom. The van der Waals surface area contributed by atoms with E-state index in [-0.39, 0.29) is 0 Å². The lowest BCUT2D eigenvalue weighted by molar-refractivity contribution is 0.574. The van der Waals surface area contributed by atoms with Crippen molar-refractivity contribution < 1.29 is 0 Å². The second kappa shape index (κ2) is 26.6. The molecule has 1 nitrogen and oxygen atoms in total. The maximum atomic E-state index is 3.96. The molecule has 0 aliphatic carbocycles. The Labute approximate surface area is 269 Å². The van der Waals surface area contributed by atoms with Gasteiger partial charge in [-0.3, -0.25) is 0 Å². The molecule has 0 saturated heterocycles. The van der Waals surface area contributed by atoms with Gasteiger partial charge < -0.3 is 5.32 Å². The molecule has 0 amide bonds. The van der Waals surface area contributed by atoms with Crippen molar-refractivity contribution in [1.82, 2.24) is 0 Å². The molecule has 43 heavy (non-hydrogen) atoms. The van der Waals surface area contributed by atoms with E-state index in [1.54, 1.807) is 0 Å². The van der Waals surface area contributed by atoms with E-state index in [9.17, 15) is 0 Å². The molecule has 0 bridgehead atoms. The molecular weight excluding hydrogens is 518 g/mol. The molecule has 0 heterocycles. The summed E-state index contributed by atoms with van der Waals surface area (Å²) in [7, 11) is 0. The van der Waals surface area contributed by atoms with Crippen LogP contribution in [0.2, 0.25) is 0 Å². The minimum Gasteiger partial charge on any atom is -0.355 e. The van der Waals surface area contributed by atoms with Crippen molar-refractivity contribution in [1.29, 1.82) is 0 Å². The van der Waals surface area contributed by atoms with Crippen LogP contribution in [0.1, 0.15) is 192 Å². The summed E-state index contributed by atoms with van der Waals surface area (Å²) in [5, 5.41) is 3.96. The fourth-order valence-corrected chi connectivity index (χ4v) is 6.48. The number of hydrogen-bond acceptors (Lipinski definition) is 1. The van der Waals surface area contributed by atoms with Crippen molar-refractivity contribution in [2.75, 3.05) is 5.32 Å². The van der Waals surface area contributed by atoms with Crippen LogP contribution in [-0.2, 0) is 19.3 Å². The van der Waals surface area contributed by atoms with Gasteiger partial charge in [-0.1, -0.05) is 186 Å². The van der Waals surface area contributed by atoms with Gasteiger partial charge in [0.15, 0.2) is 0 Å². The van der Waals surface area contributed by atoms with Gasteiger partial charge in [0.25, 0.3) is 0 Å². The summed E-state index contributed by atoms with van der Waals surface area (Å²) in [4.78, 5) is 0. The predicted octanol–water partition coefficient (Wildman–Crippen LogP) is 14.5. The first kappa shape index (κ1) is 37.4. The third kappa shape index (κ3) is 18.6. The number of para-hydroxylation sites is 1. The Balaban J connectivity index is 1.93. The van der Waals surface area contributed by atoms with Crippen molar-refractivity contribution in [3.63, 3.8) is 0 Å². The number of hydrogen-bond donors (Lipinski definition) is 1. The minimum absolute atomic E-state index is 1.18. The van der Waals surface area contributed by atoms with E-state index in [1.807, 2.05) is 0 Å². The molecule has 0 aromatic heterocycles. The number of nitrogens with one attached hydrogen (secondary N) is 1. The highest BCUT2D eigenvalue weighted by atomic mass is 14.9. The molecule has 0 atom stereocenters. The van der Waals surface area contributed by atoms with Crippen molar-refractivity contribution in [2.24, 2.45) is 0 Å². The van der Waals surface area contributed by atoms with E-state index in [4.69, 9.17) is 0 Å². The first-order valence-corrected chi connectivity index (χ1v) is 19.2. The Morgan fingerprint density at radius 2 is 0.767 bits per heavy atom. The molecule has 1 N–H and O–H groups in total. The van der Waals surface area contributed by atoms with Gasteiger partial charge in [-0.05, 0) is 67.3 Å². The number of benzene rings is 2. The van der Waals surface area contributed by atoms with Gasteiger partial charge in [0, 0.05) is 11.4 Å². The Hall–Kier alpha value is -1.76. The summed E-state index contributed by atoms with van der Waals surface area (Å²) >= 11 is 0. The second-order valence-corrected chi connectivity index (χ2v) is 13.4. The zero-order valence-corrected chi connectivity index (χ0v) is 29.1.